The molecule has 0 fully saturated rings. The maximum absolute atomic E-state index is 4.32. The SMILES string of the molecule is C(#Cc1ccc2ccccc2c1)C/N=C/c1ccccc1. The van der Waals surface area contributed by atoms with Crippen LogP contribution in [0.2, 0.25) is 0 Å². The molecular weight excluding hydrogens is 254 g/mol. The van der Waals surface area contributed by atoms with Crippen molar-refractivity contribution in [1.82, 2.24) is 0 Å². The second-order valence-corrected chi connectivity index (χ2v) is 4.74. The predicted octanol–water partition coefficient (Wildman–Crippen LogP) is 4.31. The highest BCUT2D eigenvalue weighted by atomic mass is 14.7. The Labute approximate surface area is 125 Å². The van der Waals surface area contributed by atoms with Gasteiger partial charge >= 0.3 is 0 Å². The van der Waals surface area contributed by atoms with Crippen LogP contribution in [0.4, 0.5) is 0 Å². The highest BCUT2D eigenvalue weighted by Gasteiger charge is 1.92. The van der Waals surface area contributed by atoms with Crippen LogP contribution >= 0.6 is 0 Å². The quantitative estimate of drug-likeness (QED) is 0.485. The van der Waals surface area contributed by atoms with Gasteiger partial charge in [-0.25, -0.2) is 0 Å². The summed E-state index contributed by atoms with van der Waals surface area (Å²) in [6, 6.07) is 24.6. The summed E-state index contributed by atoms with van der Waals surface area (Å²) in [5.74, 6) is 6.25. The van der Waals surface area contributed by atoms with Crippen molar-refractivity contribution in [2.75, 3.05) is 6.54 Å². The summed E-state index contributed by atoms with van der Waals surface area (Å²) in [6.45, 7) is 0.516. The van der Waals surface area contributed by atoms with Gasteiger partial charge in [0.25, 0.3) is 0 Å². The van der Waals surface area contributed by atoms with Crippen LogP contribution in [0.15, 0.2) is 77.8 Å². The Kier molecular flexibility index (Phi) is 4.10. The maximum atomic E-state index is 4.32. The number of fused-ring (bicyclic) bond motifs is 1. The summed E-state index contributed by atoms with van der Waals surface area (Å²) in [6.07, 6.45) is 1.86. The van der Waals surface area contributed by atoms with Crippen LogP contribution in [-0.4, -0.2) is 12.8 Å². The minimum atomic E-state index is 0.516. The lowest BCUT2D eigenvalue weighted by Gasteiger charge is -1.97. The van der Waals surface area contributed by atoms with Crippen molar-refractivity contribution in [3.8, 4) is 11.8 Å². The first kappa shape index (κ1) is 13.1. The first-order valence-electron chi connectivity index (χ1n) is 6.94. The molecule has 0 N–H and O–H groups in total. The molecule has 0 aliphatic carbocycles. The van der Waals surface area contributed by atoms with Gasteiger partial charge in [-0.2, -0.15) is 0 Å². The van der Waals surface area contributed by atoms with Gasteiger partial charge in [-0.15, -0.1) is 0 Å². The average Bonchev–Trinajstić information content (AvgIpc) is 2.55. The van der Waals surface area contributed by atoms with E-state index in [2.05, 4.69) is 47.2 Å². The molecule has 3 aromatic rings. The average molecular weight is 269 g/mol. The predicted molar refractivity (Wildman–Crippen MR) is 89.7 cm³/mol. The molecule has 0 heterocycles. The lowest BCUT2D eigenvalue weighted by Crippen LogP contribution is -1.82. The lowest BCUT2D eigenvalue weighted by atomic mass is 10.1. The van der Waals surface area contributed by atoms with E-state index in [4.69, 9.17) is 0 Å². The largest absolute Gasteiger partial charge is 0.280 e. The second-order valence-electron chi connectivity index (χ2n) is 4.74. The molecule has 0 spiro atoms. The van der Waals surface area contributed by atoms with Gasteiger partial charge in [-0.1, -0.05) is 72.5 Å². The van der Waals surface area contributed by atoms with Crippen LogP contribution in [0.5, 0.6) is 0 Å². The fourth-order valence-electron chi connectivity index (χ4n) is 2.14. The monoisotopic (exact) mass is 269 g/mol. The Bertz CT molecular complexity index is 820. The molecule has 0 aliphatic rings. The number of benzene rings is 3. The van der Waals surface area contributed by atoms with Crippen LogP contribution in [-0.2, 0) is 0 Å². The van der Waals surface area contributed by atoms with E-state index in [9.17, 15) is 0 Å². The van der Waals surface area contributed by atoms with Gasteiger partial charge in [0.2, 0.25) is 0 Å². The Balaban J connectivity index is 1.67. The molecule has 1 nitrogen and oxygen atoms in total. The van der Waals surface area contributed by atoms with E-state index in [1.54, 1.807) is 0 Å². The van der Waals surface area contributed by atoms with Gasteiger partial charge in [0.15, 0.2) is 0 Å². The number of hydrogen-bond acceptors (Lipinski definition) is 1. The molecule has 3 aromatic carbocycles. The lowest BCUT2D eigenvalue weighted by molar-refractivity contribution is 1.30. The fraction of sp³-hybridized carbons (Fsp3) is 0.0500. The topological polar surface area (TPSA) is 12.4 Å². The zero-order chi connectivity index (χ0) is 14.3. The van der Waals surface area contributed by atoms with Crippen molar-refractivity contribution >= 4 is 17.0 Å². The summed E-state index contributed by atoms with van der Waals surface area (Å²) in [7, 11) is 0. The van der Waals surface area contributed by atoms with Gasteiger partial charge in [0.1, 0.15) is 6.54 Å². The smallest absolute Gasteiger partial charge is 0.100 e. The normalized spacial score (nSPS) is 10.5. The first-order chi connectivity index (χ1) is 10.4. The van der Waals surface area contributed by atoms with Crippen LogP contribution in [0.3, 0.4) is 0 Å². The summed E-state index contributed by atoms with van der Waals surface area (Å²) < 4.78 is 0. The van der Waals surface area contributed by atoms with Crippen molar-refractivity contribution in [3.63, 3.8) is 0 Å². The van der Waals surface area contributed by atoms with Gasteiger partial charge < -0.3 is 0 Å². The van der Waals surface area contributed by atoms with E-state index in [0.717, 1.165) is 11.1 Å². The van der Waals surface area contributed by atoms with E-state index in [-0.39, 0.29) is 0 Å². The van der Waals surface area contributed by atoms with Crippen LogP contribution < -0.4 is 0 Å². The molecule has 1 heteroatoms. The maximum Gasteiger partial charge on any atom is 0.100 e. The Morgan fingerprint density at radius 2 is 1.57 bits per heavy atom. The van der Waals surface area contributed by atoms with E-state index >= 15 is 0 Å². The minimum absolute atomic E-state index is 0.516. The first-order valence-corrected chi connectivity index (χ1v) is 6.94. The Hall–Kier alpha value is -2.85. The number of hydrogen-bond donors (Lipinski definition) is 0. The van der Waals surface area contributed by atoms with Crippen LogP contribution in [0.25, 0.3) is 10.8 Å². The minimum Gasteiger partial charge on any atom is -0.280 e. The molecule has 0 amide bonds. The second kappa shape index (κ2) is 6.54. The molecular formula is C20H15N. The highest BCUT2D eigenvalue weighted by Crippen LogP contribution is 2.14. The third kappa shape index (κ3) is 3.58. The van der Waals surface area contributed by atoms with Crippen molar-refractivity contribution in [1.29, 1.82) is 0 Å². The van der Waals surface area contributed by atoms with E-state index in [0.29, 0.717) is 6.54 Å². The third-order valence-electron chi connectivity index (χ3n) is 3.19. The molecule has 0 unspecified atom stereocenters. The standard InChI is InChI=1S/C20H15N/c1-2-7-18(8-3-1)16-21-14-6-9-17-12-13-19-10-4-5-11-20(19)15-17/h1-5,7-8,10-13,15-16H,14H2/b21-16+. The molecule has 0 saturated carbocycles. The van der Waals surface area contributed by atoms with E-state index in [1.165, 1.54) is 10.8 Å². The Morgan fingerprint density at radius 3 is 2.43 bits per heavy atom. The molecule has 21 heavy (non-hydrogen) atoms. The van der Waals surface area contributed by atoms with Gasteiger partial charge in [-0.3, -0.25) is 4.99 Å². The molecule has 0 bridgehead atoms. The molecule has 0 aromatic heterocycles. The summed E-state index contributed by atoms with van der Waals surface area (Å²) in [5, 5.41) is 2.46. The van der Waals surface area contributed by atoms with E-state index in [1.807, 2.05) is 48.7 Å². The number of aliphatic imine (C=N–C) groups is 1. The molecule has 3 rings (SSSR count). The zero-order valence-electron chi connectivity index (χ0n) is 11.7. The van der Waals surface area contributed by atoms with Crippen molar-refractivity contribution in [2.45, 2.75) is 0 Å². The summed E-state index contributed by atoms with van der Waals surface area (Å²) >= 11 is 0. The fourth-order valence-corrected chi connectivity index (χ4v) is 2.14. The van der Waals surface area contributed by atoms with Gasteiger partial charge in [-0.05, 0) is 28.5 Å². The van der Waals surface area contributed by atoms with E-state index < -0.39 is 0 Å². The highest BCUT2D eigenvalue weighted by molar-refractivity contribution is 5.83. The molecule has 0 aliphatic heterocycles. The molecule has 0 radical (unpaired) electrons. The molecule has 100 valence electrons. The number of nitrogens with zero attached hydrogens (tertiary/aromatic N) is 1. The van der Waals surface area contributed by atoms with Gasteiger partial charge in [0, 0.05) is 11.8 Å². The summed E-state index contributed by atoms with van der Waals surface area (Å²) in [4.78, 5) is 4.32. The van der Waals surface area contributed by atoms with Crippen LogP contribution in [0, 0.1) is 11.8 Å². The number of rotatable bonds is 2. The van der Waals surface area contributed by atoms with Crippen molar-refractivity contribution in [2.24, 2.45) is 4.99 Å². The third-order valence-corrected chi connectivity index (χ3v) is 3.19. The Morgan fingerprint density at radius 1 is 0.810 bits per heavy atom. The zero-order valence-corrected chi connectivity index (χ0v) is 11.7. The van der Waals surface area contributed by atoms with Gasteiger partial charge in [0.05, 0.1) is 0 Å². The van der Waals surface area contributed by atoms with Crippen LogP contribution in [0.1, 0.15) is 11.1 Å². The van der Waals surface area contributed by atoms with Crippen molar-refractivity contribution in [3.05, 3.63) is 83.9 Å². The molecule has 0 atom stereocenters. The van der Waals surface area contributed by atoms with Crippen molar-refractivity contribution < 1.29 is 0 Å². The summed E-state index contributed by atoms with van der Waals surface area (Å²) in [5.41, 5.74) is 2.13. The molecule has 0 saturated heterocycles.